The van der Waals surface area contributed by atoms with Crippen LogP contribution in [0.4, 0.5) is 5.69 Å². The van der Waals surface area contributed by atoms with Gasteiger partial charge in [-0.3, -0.25) is 9.00 Å². The van der Waals surface area contributed by atoms with Crippen molar-refractivity contribution >= 4 is 28.0 Å². The van der Waals surface area contributed by atoms with Crippen LogP contribution in [0.3, 0.4) is 0 Å². The molecule has 226 valence electrons. The molecule has 0 fully saturated rings. The number of aryl methyl sites for hydroxylation is 1. The Kier molecular flexibility index (Phi) is 12.3. The minimum Gasteiger partial charge on any atom is -0.491 e. The first-order valence-corrected chi connectivity index (χ1v) is 16.2. The third-order valence-corrected chi connectivity index (χ3v) is 8.27. The summed E-state index contributed by atoms with van der Waals surface area (Å²) in [5.74, 6) is 0.991. The van der Waals surface area contributed by atoms with Crippen molar-refractivity contribution in [1.82, 2.24) is 9.55 Å². The summed E-state index contributed by atoms with van der Waals surface area (Å²) in [5, 5.41) is 2.91. The number of hydrogen-bond acceptors (Lipinski definition) is 5. The summed E-state index contributed by atoms with van der Waals surface area (Å²) in [6.45, 7) is 8.91. The van der Waals surface area contributed by atoms with Crippen molar-refractivity contribution in [3.63, 3.8) is 0 Å². The van der Waals surface area contributed by atoms with E-state index in [4.69, 9.17) is 9.47 Å². The molecule has 0 aliphatic carbocycles. The zero-order valence-corrected chi connectivity index (χ0v) is 26.1. The fourth-order valence-electron chi connectivity index (χ4n) is 4.53. The highest BCUT2D eigenvalue weighted by Crippen LogP contribution is 2.26. The topological polar surface area (TPSA) is 82.4 Å². The standard InChI is InChI=1S/C35H41N3O4S/c1-4-6-19-41-20-21-42-33-14-10-28(11-15-33)30-9-7-8-29(23-30)27(3)22-35(39)37-31-12-16-34(17-13-31)43(40)25-32-24-36-26-38(32)18-5-2/h7-17,22-24,26H,4-6,18-21,25H2,1-3H3,(H,37,39)/b27-22+. The summed E-state index contributed by atoms with van der Waals surface area (Å²) in [6, 6.07) is 23.3. The van der Waals surface area contributed by atoms with Crippen LogP contribution in [-0.2, 0) is 32.6 Å². The number of aromatic nitrogens is 2. The summed E-state index contributed by atoms with van der Waals surface area (Å²) in [4.78, 5) is 17.7. The smallest absolute Gasteiger partial charge is 0.248 e. The van der Waals surface area contributed by atoms with E-state index < -0.39 is 10.8 Å². The number of amides is 1. The third-order valence-electron chi connectivity index (χ3n) is 6.92. The second kappa shape index (κ2) is 16.6. The molecule has 3 aromatic carbocycles. The number of ether oxygens (including phenoxy) is 2. The van der Waals surface area contributed by atoms with Gasteiger partial charge in [0.1, 0.15) is 12.4 Å². The van der Waals surface area contributed by atoms with Crippen molar-refractivity contribution in [1.29, 1.82) is 0 Å². The number of unbranched alkanes of at least 4 members (excludes halogenated alkanes) is 1. The first-order chi connectivity index (χ1) is 21.0. The number of rotatable bonds is 16. The number of hydrogen-bond donors (Lipinski definition) is 1. The van der Waals surface area contributed by atoms with Gasteiger partial charge in [0.25, 0.3) is 0 Å². The van der Waals surface area contributed by atoms with Gasteiger partial charge >= 0.3 is 0 Å². The first kappa shape index (κ1) is 31.9. The molecule has 7 nitrogen and oxygen atoms in total. The molecule has 0 saturated carbocycles. The Labute approximate surface area is 257 Å². The first-order valence-electron chi connectivity index (χ1n) is 14.8. The molecule has 0 aliphatic heterocycles. The molecule has 1 unspecified atom stereocenters. The highest BCUT2D eigenvalue weighted by atomic mass is 32.2. The molecule has 1 heterocycles. The van der Waals surface area contributed by atoms with Crippen molar-refractivity contribution in [3.05, 3.63) is 103 Å². The van der Waals surface area contributed by atoms with Crippen LogP contribution in [0.25, 0.3) is 16.7 Å². The number of carbonyl (C=O) groups excluding carboxylic acids is 1. The van der Waals surface area contributed by atoms with E-state index in [9.17, 15) is 9.00 Å². The number of allylic oxidation sites excluding steroid dienone is 1. The highest BCUT2D eigenvalue weighted by Gasteiger charge is 2.10. The highest BCUT2D eigenvalue weighted by molar-refractivity contribution is 7.84. The zero-order valence-electron chi connectivity index (χ0n) is 25.3. The SMILES string of the molecule is CCCCOCCOc1ccc(-c2cccc(/C(C)=C/C(=O)Nc3ccc(S(=O)Cc4cncn4CCC)cc3)c2)cc1. The van der Waals surface area contributed by atoms with Crippen LogP contribution in [0.1, 0.15) is 51.3 Å². The quantitative estimate of drug-likeness (QED) is 0.107. The van der Waals surface area contributed by atoms with Crippen LogP contribution >= 0.6 is 0 Å². The average molecular weight is 600 g/mol. The molecule has 1 atom stereocenters. The van der Waals surface area contributed by atoms with Crippen molar-refractivity contribution in [2.24, 2.45) is 0 Å². The van der Waals surface area contributed by atoms with Crippen LogP contribution < -0.4 is 10.1 Å². The molecule has 8 heteroatoms. The molecule has 0 bridgehead atoms. The summed E-state index contributed by atoms with van der Waals surface area (Å²) >= 11 is 0. The Morgan fingerprint density at radius 3 is 2.49 bits per heavy atom. The summed E-state index contributed by atoms with van der Waals surface area (Å²) in [7, 11) is -1.20. The third kappa shape index (κ3) is 9.76. The predicted molar refractivity (Wildman–Crippen MR) is 174 cm³/mol. The van der Waals surface area contributed by atoms with Gasteiger partial charge in [-0.15, -0.1) is 0 Å². The van der Waals surface area contributed by atoms with Crippen molar-refractivity contribution in [3.8, 4) is 16.9 Å². The Morgan fingerprint density at radius 2 is 1.74 bits per heavy atom. The monoisotopic (exact) mass is 599 g/mol. The number of imidazole rings is 1. The van der Waals surface area contributed by atoms with Gasteiger partial charge in [0.15, 0.2) is 0 Å². The summed E-state index contributed by atoms with van der Waals surface area (Å²) < 4.78 is 26.3. The van der Waals surface area contributed by atoms with Crippen LogP contribution in [-0.4, -0.2) is 39.5 Å². The number of benzene rings is 3. The van der Waals surface area contributed by atoms with Gasteiger partial charge in [0, 0.05) is 36.0 Å². The lowest BCUT2D eigenvalue weighted by Crippen LogP contribution is -2.09. The van der Waals surface area contributed by atoms with E-state index in [1.54, 1.807) is 42.9 Å². The molecular weight excluding hydrogens is 558 g/mol. The van der Waals surface area contributed by atoms with E-state index in [1.165, 1.54) is 0 Å². The minimum atomic E-state index is -1.20. The van der Waals surface area contributed by atoms with Crippen LogP contribution in [0.15, 0.2) is 96.3 Å². The zero-order chi connectivity index (χ0) is 30.4. The van der Waals surface area contributed by atoms with E-state index in [1.807, 2.05) is 47.9 Å². The van der Waals surface area contributed by atoms with Crippen molar-refractivity contribution in [2.75, 3.05) is 25.1 Å². The molecule has 0 spiro atoms. The van der Waals surface area contributed by atoms with E-state index >= 15 is 0 Å². The van der Waals surface area contributed by atoms with Gasteiger partial charge in [0.05, 0.1) is 35.2 Å². The van der Waals surface area contributed by atoms with Gasteiger partial charge < -0.3 is 19.4 Å². The Hall–Kier alpha value is -4.01. The molecule has 0 saturated heterocycles. The van der Waals surface area contributed by atoms with E-state index in [0.29, 0.717) is 29.5 Å². The maximum atomic E-state index is 12.9. The molecule has 1 N–H and O–H groups in total. The van der Waals surface area contributed by atoms with Crippen LogP contribution in [0.5, 0.6) is 5.75 Å². The second-order valence-corrected chi connectivity index (χ2v) is 11.8. The Balaban J connectivity index is 1.31. The van der Waals surface area contributed by atoms with E-state index in [-0.39, 0.29) is 5.91 Å². The fourth-order valence-corrected chi connectivity index (χ4v) is 5.65. The largest absolute Gasteiger partial charge is 0.491 e. The normalized spacial score (nSPS) is 12.2. The van der Waals surface area contributed by atoms with Gasteiger partial charge in [-0.05, 0) is 84.5 Å². The molecular formula is C35H41N3O4S. The van der Waals surface area contributed by atoms with Gasteiger partial charge in [-0.25, -0.2) is 4.98 Å². The number of carbonyl (C=O) groups is 1. The maximum absolute atomic E-state index is 12.9. The molecule has 0 aliphatic rings. The molecule has 43 heavy (non-hydrogen) atoms. The maximum Gasteiger partial charge on any atom is 0.248 e. The predicted octanol–water partition coefficient (Wildman–Crippen LogP) is 7.51. The summed E-state index contributed by atoms with van der Waals surface area (Å²) in [5.41, 5.74) is 5.54. The van der Waals surface area contributed by atoms with Gasteiger partial charge in [-0.2, -0.15) is 0 Å². The number of nitrogens with zero attached hydrogens (tertiary/aromatic N) is 2. The second-order valence-electron chi connectivity index (χ2n) is 10.3. The Bertz CT molecular complexity index is 1510. The van der Waals surface area contributed by atoms with E-state index in [0.717, 1.165) is 66.1 Å². The van der Waals surface area contributed by atoms with Gasteiger partial charge in [0.2, 0.25) is 5.91 Å². The number of nitrogens with one attached hydrogen (secondary N) is 1. The van der Waals surface area contributed by atoms with Crippen molar-refractivity contribution < 1.29 is 18.5 Å². The average Bonchev–Trinajstić information content (AvgIpc) is 3.46. The lowest BCUT2D eigenvalue weighted by Gasteiger charge is -2.10. The fraction of sp³-hybridized carbons (Fsp3) is 0.314. The van der Waals surface area contributed by atoms with Crippen molar-refractivity contribution in [2.45, 2.75) is 57.2 Å². The van der Waals surface area contributed by atoms with Crippen LogP contribution in [0, 0.1) is 0 Å². The molecule has 4 aromatic rings. The number of anilines is 1. The molecule has 1 amide bonds. The van der Waals surface area contributed by atoms with Gasteiger partial charge in [-0.1, -0.05) is 50.6 Å². The Morgan fingerprint density at radius 1 is 0.953 bits per heavy atom. The lowest BCUT2D eigenvalue weighted by molar-refractivity contribution is -0.111. The molecule has 4 rings (SSSR count). The summed E-state index contributed by atoms with van der Waals surface area (Å²) in [6.07, 6.45) is 8.33. The van der Waals surface area contributed by atoms with Crippen LogP contribution in [0.2, 0.25) is 0 Å². The minimum absolute atomic E-state index is 0.222. The molecule has 0 radical (unpaired) electrons. The lowest BCUT2D eigenvalue weighted by atomic mass is 9.99. The van der Waals surface area contributed by atoms with E-state index in [2.05, 4.69) is 36.3 Å². The molecule has 1 aromatic heterocycles.